The second-order valence-corrected chi connectivity index (χ2v) is 7.46. The standard InChI is InChI=1S/C18H38/c1-8-11-12-16(10-3)14-17(18(5,6)7)13-15(4)9-2/h15-17H,8-14H2,1-7H3. The van der Waals surface area contributed by atoms with Gasteiger partial charge in [-0.25, -0.2) is 0 Å². The summed E-state index contributed by atoms with van der Waals surface area (Å²) < 4.78 is 0. The average Bonchev–Trinajstić information content (AvgIpc) is 2.31. The van der Waals surface area contributed by atoms with Gasteiger partial charge >= 0.3 is 0 Å². The molecule has 3 unspecified atom stereocenters. The number of hydrogen-bond donors (Lipinski definition) is 0. The van der Waals surface area contributed by atoms with Crippen molar-refractivity contribution in [2.75, 3.05) is 0 Å². The Morgan fingerprint density at radius 2 is 1.50 bits per heavy atom. The highest BCUT2D eigenvalue weighted by molar-refractivity contribution is 4.78. The largest absolute Gasteiger partial charge is 0.0654 e. The van der Waals surface area contributed by atoms with Crippen molar-refractivity contribution in [3.63, 3.8) is 0 Å². The van der Waals surface area contributed by atoms with Gasteiger partial charge in [-0.15, -0.1) is 0 Å². The monoisotopic (exact) mass is 254 g/mol. The summed E-state index contributed by atoms with van der Waals surface area (Å²) in [5, 5.41) is 0. The highest BCUT2D eigenvalue weighted by Crippen LogP contribution is 2.38. The zero-order chi connectivity index (χ0) is 14.2. The Kier molecular flexibility index (Phi) is 8.99. The minimum absolute atomic E-state index is 0.475. The van der Waals surface area contributed by atoms with Crippen LogP contribution in [0.25, 0.3) is 0 Å². The highest BCUT2D eigenvalue weighted by Gasteiger charge is 2.27. The summed E-state index contributed by atoms with van der Waals surface area (Å²) >= 11 is 0. The maximum Gasteiger partial charge on any atom is -0.0354 e. The summed E-state index contributed by atoms with van der Waals surface area (Å²) in [6, 6.07) is 0. The third kappa shape index (κ3) is 7.44. The van der Waals surface area contributed by atoms with E-state index in [1.807, 2.05) is 0 Å². The molecule has 0 spiro atoms. The molecule has 0 radical (unpaired) electrons. The molecule has 0 heteroatoms. The second kappa shape index (κ2) is 8.99. The van der Waals surface area contributed by atoms with Gasteiger partial charge in [0.15, 0.2) is 0 Å². The molecule has 0 saturated carbocycles. The van der Waals surface area contributed by atoms with Crippen LogP contribution in [0.4, 0.5) is 0 Å². The molecule has 0 bridgehead atoms. The Morgan fingerprint density at radius 1 is 0.889 bits per heavy atom. The fourth-order valence-electron chi connectivity index (χ4n) is 2.84. The lowest BCUT2D eigenvalue weighted by molar-refractivity contribution is 0.155. The van der Waals surface area contributed by atoms with Gasteiger partial charge < -0.3 is 0 Å². The van der Waals surface area contributed by atoms with Crippen LogP contribution in [-0.4, -0.2) is 0 Å². The Hall–Kier alpha value is 0. The van der Waals surface area contributed by atoms with Gasteiger partial charge in [0, 0.05) is 0 Å². The van der Waals surface area contributed by atoms with Crippen molar-refractivity contribution in [1.82, 2.24) is 0 Å². The molecule has 3 atom stereocenters. The van der Waals surface area contributed by atoms with Gasteiger partial charge in [-0.1, -0.05) is 80.6 Å². The van der Waals surface area contributed by atoms with Gasteiger partial charge in [-0.05, 0) is 36.0 Å². The van der Waals surface area contributed by atoms with Crippen molar-refractivity contribution in [3.05, 3.63) is 0 Å². The summed E-state index contributed by atoms with van der Waals surface area (Å²) in [7, 11) is 0. The van der Waals surface area contributed by atoms with E-state index in [2.05, 4.69) is 48.5 Å². The molecule has 0 aromatic heterocycles. The van der Waals surface area contributed by atoms with Crippen LogP contribution >= 0.6 is 0 Å². The molecule has 0 heterocycles. The van der Waals surface area contributed by atoms with Crippen LogP contribution in [0.5, 0.6) is 0 Å². The van der Waals surface area contributed by atoms with E-state index in [4.69, 9.17) is 0 Å². The van der Waals surface area contributed by atoms with E-state index in [9.17, 15) is 0 Å². The molecule has 110 valence electrons. The summed E-state index contributed by atoms with van der Waals surface area (Å²) in [6.07, 6.45) is 9.78. The Labute approximate surface area is 117 Å². The Balaban J connectivity index is 4.46. The van der Waals surface area contributed by atoms with Crippen LogP contribution in [0.1, 0.15) is 93.4 Å². The fraction of sp³-hybridized carbons (Fsp3) is 1.00. The van der Waals surface area contributed by atoms with Crippen LogP contribution < -0.4 is 0 Å². The lowest BCUT2D eigenvalue weighted by Gasteiger charge is -2.35. The SMILES string of the molecule is CCCCC(CC)CC(CC(C)CC)C(C)(C)C. The molecule has 0 nitrogen and oxygen atoms in total. The molecule has 0 rings (SSSR count). The molecular weight excluding hydrogens is 216 g/mol. The van der Waals surface area contributed by atoms with Crippen molar-refractivity contribution >= 4 is 0 Å². The lowest BCUT2D eigenvalue weighted by Crippen LogP contribution is -2.25. The van der Waals surface area contributed by atoms with Crippen LogP contribution in [0, 0.1) is 23.2 Å². The van der Waals surface area contributed by atoms with E-state index in [0.717, 1.165) is 17.8 Å². The zero-order valence-electron chi connectivity index (χ0n) is 14.2. The van der Waals surface area contributed by atoms with Crippen LogP contribution in [0.3, 0.4) is 0 Å². The predicted octanol–water partition coefficient (Wildman–Crippen LogP) is 6.69. The fourth-order valence-corrected chi connectivity index (χ4v) is 2.84. The lowest BCUT2D eigenvalue weighted by atomic mass is 9.70. The van der Waals surface area contributed by atoms with E-state index in [1.165, 1.54) is 44.9 Å². The van der Waals surface area contributed by atoms with Crippen molar-refractivity contribution in [2.45, 2.75) is 93.4 Å². The molecule has 0 saturated heterocycles. The van der Waals surface area contributed by atoms with E-state index >= 15 is 0 Å². The van der Waals surface area contributed by atoms with Gasteiger partial charge in [0.1, 0.15) is 0 Å². The first-order chi connectivity index (χ1) is 8.35. The van der Waals surface area contributed by atoms with Crippen molar-refractivity contribution in [1.29, 1.82) is 0 Å². The van der Waals surface area contributed by atoms with Crippen LogP contribution in [0.15, 0.2) is 0 Å². The number of hydrogen-bond acceptors (Lipinski definition) is 0. The maximum absolute atomic E-state index is 2.44. The Morgan fingerprint density at radius 3 is 1.89 bits per heavy atom. The average molecular weight is 255 g/mol. The van der Waals surface area contributed by atoms with Gasteiger partial charge in [0.25, 0.3) is 0 Å². The van der Waals surface area contributed by atoms with Crippen molar-refractivity contribution in [3.8, 4) is 0 Å². The first-order valence-electron chi connectivity index (χ1n) is 8.35. The first kappa shape index (κ1) is 18.0. The maximum atomic E-state index is 2.44. The second-order valence-electron chi connectivity index (χ2n) is 7.46. The highest BCUT2D eigenvalue weighted by atomic mass is 14.3. The molecule has 0 aromatic carbocycles. The van der Waals surface area contributed by atoms with Crippen molar-refractivity contribution < 1.29 is 0 Å². The van der Waals surface area contributed by atoms with Crippen LogP contribution in [0.2, 0.25) is 0 Å². The zero-order valence-corrected chi connectivity index (χ0v) is 14.2. The topological polar surface area (TPSA) is 0 Å². The summed E-state index contributed by atoms with van der Waals surface area (Å²) in [5.74, 6) is 2.74. The van der Waals surface area contributed by atoms with E-state index in [0.29, 0.717) is 5.41 Å². The number of rotatable bonds is 9. The molecule has 18 heavy (non-hydrogen) atoms. The van der Waals surface area contributed by atoms with Gasteiger partial charge in [-0.3, -0.25) is 0 Å². The molecule has 0 aliphatic carbocycles. The van der Waals surface area contributed by atoms with Gasteiger partial charge in [0.05, 0.1) is 0 Å². The smallest absolute Gasteiger partial charge is 0.0354 e. The molecule has 0 N–H and O–H groups in total. The minimum Gasteiger partial charge on any atom is -0.0654 e. The first-order valence-corrected chi connectivity index (χ1v) is 8.35. The van der Waals surface area contributed by atoms with Gasteiger partial charge in [0.2, 0.25) is 0 Å². The molecule has 0 fully saturated rings. The summed E-state index contributed by atoms with van der Waals surface area (Å²) in [4.78, 5) is 0. The summed E-state index contributed by atoms with van der Waals surface area (Å²) in [5.41, 5.74) is 0.475. The minimum atomic E-state index is 0.475. The predicted molar refractivity (Wildman–Crippen MR) is 84.9 cm³/mol. The van der Waals surface area contributed by atoms with Gasteiger partial charge in [-0.2, -0.15) is 0 Å². The third-order valence-electron chi connectivity index (χ3n) is 4.77. The van der Waals surface area contributed by atoms with Crippen LogP contribution in [-0.2, 0) is 0 Å². The summed E-state index contributed by atoms with van der Waals surface area (Å²) in [6.45, 7) is 16.8. The number of unbranched alkanes of at least 4 members (excludes halogenated alkanes) is 1. The van der Waals surface area contributed by atoms with E-state index < -0.39 is 0 Å². The van der Waals surface area contributed by atoms with E-state index in [1.54, 1.807) is 0 Å². The quantitative estimate of drug-likeness (QED) is 0.430. The molecular formula is C18H38. The molecule has 0 aliphatic rings. The molecule has 0 amide bonds. The van der Waals surface area contributed by atoms with Crippen molar-refractivity contribution in [2.24, 2.45) is 23.2 Å². The third-order valence-corrected chi connectivity index (χ3v) is 4.77. The Bertz CT molecular complexity index is 187. The van der Waals surface area contributed by atoms with E-state index in [-0.39, 0.29) is 0 Å². The molecule has 0 aromatic rings. The molecule has 0 aliphatic heterocycles. The normalized spacial score (nSPS) is 17.5.